The number of carbonyl (C=O) groups excluding carboxylic acids is 1. The summed E-state index contributed by atoms with van der Waals surface area (Å²) >= 11 is 6.23. The molecule has 0 N–H and O–H groups in total. The van der Waals surface area contributed by atoms with Gasteiger partial charge in [-0.25, -0.2) is 0 Å². The molecule has 0 saturated carbocycles. The Morgan fingerprint density at radius 2 is 1.78 bits per heavy atom. The number of fused-ring (bicyclic) bond motifs is 3. The van der Waals surface area contributed by atoms with Gasteiger partial charge in [-0.3, -0.25) is 9.59 Å². The molecule has 2 aliphatic heterocycles. The number of carbonyl (C=O) groups is 1. The third kappa shape index (κ3) is 5.08. The number of rotatable bonds is 10. The highest BCUT2D eigenvalue weighted by molar-refractivity contribution is 6.31. The van der Waals surface area contributed by atoms with Gasteiger partial charge in [0.1, 0.15) is 5.58 Å². The molecule has 1 unspecified atom stereocenters. The lowest BCUT2D eigenvalue weighted by molar-refractivity contribution is 0.0714. The second-order valence-corrected chi connectivity index (χ2v) is 10.5. The molecule has 0 saturated heterocycles. The van der Waals surface area contributed by atoms with Crippen molar-refractivity contribution in [1.29, 1.82) is 0 Å². The van der Waals surface area contributed by atoms with Crippen molar-refractivity contribution in [2.24, 2.45) is 0 Å². The zero-order valence-corrected chi connectivity index (χ0v) is 23.7. The van der Waals surface area contributed by atoms with Crippen LogP contribution in [-0.2, 0) is 6.54 Å². The fraction of sp³-hybridized carbons (Fsp3) is 0.312. The van der Waals surface area contributed by atoms with Crippen LogP contribution >= 0.6 is 11.6 Å². The summed E-state index contributed by atoms with van der Waals surface area (Å²) in [5, 5.41) is 0.728. The maximum absolute atomic E-state index is 13.9. The summed E-state index contributed by atoms with van der Waals surface area (Å²) in [7, 11) is 0. The van der Waals surface area contributed by atoms with Gasteiger partial charge < -0.3 is 28.3 Å². The fourth-order valence-electron chi connectivity index (χ4n) is 5.35. The lowest BCUT2D eigenvalue weighted by Gasteiger charge is -2.26. The van der Waals surface area contributed by atoms with Gasteiger partial charge in [0.15, 0.2) is 28.4 Å². The first kappa shape index (κ1) is 27.0. The largest absolute Gasteiger partial charge is 0.490 e. The van der Waals surface area contributed by atoms with Gasteiger partial charge in [-0.1, -0.05) is 43.5 Å². The Balaban J connectivity index is 1.45. The van der Waals surface area contributed by atoms with Crippen LogP contribution in [0.4, 0.5) is 0 Å². The predicted octanol–water partition coefficient (Wildman–Crippen LogP) is 6.89. The first-order valence-electron chi connectivity index (χ1n) is 13.8. The highest BCUT2D eigenvalue weighted by Gasteiger charge is 2.43. The molecule has 212 valence electrons. The number of hydrogen-bond acceptors (Lipinski definition) is 7. The van der Waals surface area contributed by atoms with E-state index in [1.807, 2.05) is 43.3 Å². The average Bonchev–Trinajstić information content (AvgIpc) is 3.55. The summed E-state index contributed by atoms with van der Waals surface area (Å²) in [6, 6.07) is 15.2. The van der Waals surface area contributed by atoms with Gasteiger partial charge in [-0.15, -0.1) is 0 Å². The lowest BCUT2D eigenvalue weighted by Crippen LogP contribution is -2.29. The highest BCUT2D eigenvalue weighted by Crippen LogP contribution is 2.43. The van der Waals surface area contributed by atoms with E-state index in [9.17, 15) is 9.59 Å². The van der Waals surface area contributed by atoms with Crippen molar-refractivity contribution < 1.29 is 28.2 Å². The summed E-state index contributed by atoms with van der Waals surface area (Å²) in [6.07, 6.45) is 3.11. The van der Waals surface area contributed by atoms with E-state index in [4.69, 9.17) is 35.0 Å². The van der Waals surface area contributed by atoms with E-state index in [-0.39, 0.29) is 36.0 Å². The third-order valence-corrected chi connectivity index (χ3v) is 7.54. The molecule has 2 aliphatic rings. The van der Waals surface area contributed by atoms with Crippen LogP contribution in [0.3, 0.4) is 0 Å². The number of nitrogens with zero attached hydrogens (tertiary/aromatic N) is 1. The van der Waals surface area contributed by atoms with Crippen LogP contribution in [0.2, 0.25) is 5.02 Å². The second-order valence-electron chi connectivity index (χ2n) is 10.0. The van der Waals surface area contributed by atoms with E-state index in [1.165, 1.54) is 0 Å². The standard InChI is InChI=1S/C32H30ClNO7/c1-3-5-6-13-38-24-11-8-20(15-27(24)37-4-2)29-28-30(35)22-16-21(33)9-12-23(22)41-31(28)32(36)34(29)17-19-7-10-25-26(14-19)40-18-39-25/h7-12,14-16,29H,3-6,13,17-18H2,1-2H3. The summed E-state index contributed by atoms with van der Waals surface area (Å²) in [4.78, 5) is 29.5. The van der Waals surface area contributed by atoms with Crippen molar-refractivity contribution >= 4 is 28.5 Å². The molecule has 0 fully saturated rings. The van der Waals surface area contributed by atoms with Crippen LogP contribution in [0.5, 0.6) is 23.0 Å². The van der Waals surface area contributed by atoms with E-state index < -0.39 is 6.04 Å². The first-order valence-corrected chi connectivity index (χ1v) is 14.2. The van der Waals surface area contributed by atoms with Crippen LogP contribution in [0.25, 0.3) is 11.0 Å². The van der Waals surface area contributed by atoms with E-state index in [0.29, 0.717) is 57.8 Å². The minimum Gasteiger partial charge on any atom is -0.490 e. The molecule has 1 atom stereocenters. The number of halogens is 1. The smallest absolute Gasteiger partial charge is 0.291 e. The molecular formula is C32H30ClNO7. The monoisotopic (exact) mass is 575 g/mol. The zero-order valence-electron chi connectivity index (χ0n) is 22.9. The van der Waals surface area contributed by atoms with Crippen LogP contribution in [-0.4, -0.2) is 30.8 Å². The SMILES string of the molecule is CCCCCOc1ccc(C2c3c(oc4ccc(Cl)cc4c3=O)C(=O)N2Cc2ccc3c(c2)OCO3)cc1OCC. The fourth-order valence-corrected chi connectivity index (χ4v) is 5.53. The van der Waals surface area contributed by atoms with Gasteiger partial charge >= 0.3 is 0 Å². The summed E-state index contributed by atoms with van der Waals surface area (Å²) < 4.78 is 29.1. The molecule has 4 aromatic rings. The highest BCUT2D eigenvalue weighted by atomic mass is 35.5. The summed E-state index contributed by atoms with van der Waals surface area (Å²) in [6.45, 7) is 5.41. The van der Waals surface area contributed by atoms with Crippen molar-refractivity contribution in [3.63, 3.8) is 0 Å². The molecule has 3 aromatic carbocycles. The normalized spacial score (nSPS) is 15.4. The molecule has 0 aliphatic carbocycles. The van der Waals surface area contributed by atoms with Gasteiger partial charge in [0, 0.05) is 11.6 Å². The molecule has 0 spiro atoms. The quantitative estimate of drug-likeness (QED) is 0.190. The zero-order chi connectivity index (χ0) is 28.5. The predicted molar refractivity (Wildman–Crippen MR) is 154 cm³/mol. The van der Waals surface area contributed by atoms with E-state index >= 15 is 0 Å². The molecule has 6 rings (SSSR count). The number of hydrogen-bond donors (Lipinski definition) is 0. The number of unbranched alkanes of at least 4 members (excludes halogenated alkanes) is 2. The Morgan fingerprint density at radius 3 is 2.61 bits per heavy atom. The average molecular weight is 576 g/mol. The van der Waals surface area contributed by atoms with Crippen LogP contribution < -0.4 is 24.4 Å². The molecule has 3 heterocycles. The van der Waals surface area contributed by atoms with E-state index in [1.54, 1.807) is 23.1 Å². The molecule has 41 heavy (non-hydrogen) atoms. The molecular weight excluding hydrogens is 546 g/mol. The lowest BCUT2D eigenvalue weighted by atomic mass is 9.97. The molecule has 8 nitrogen and oxygen atoms in total. The Kier molecular flexibility index (Phi) is 7.49. The van der Waals surface area contributed by atoms with Crippen LogP contribution in [0.15, 0.2) is 63.8 Å². The van der Waals surface area contributed by atoms with Gasteiger partial charge in [0.25, 0.3) is 5.91 Å². The van der Waals surface area contributed by atoms with Gasteiger partial charge in [-0.05, 0) is 66.9 Å². The van der Waals surface area contributed by atoms with Crippen molar-refractivity contribution in [3.8, 4) is 23.0 Å². The van der Waals surface area contributed by atoms with Crippen LogP contribution in [0.1, 0.15) is 66.4 Å². The summed E-state index contributed by atoms with van der Waals surface area (Å²) in [5.74, 6) is 2.08. The van der Waals surface area contributed by atoms with Crippen LogP contribution in [0, 0.1) is 0 Å². The molecule has 0 radical (unpaired) electrons. The molecule has 1 amide bonds. The molecule has 1 aromatic heterocycles. The minimum atomic E-state index is -0.726. The van der Waals surface area contributed by atoms with Crippen molar-refractivity contribution in [3.05, 3.63) is 92.3 Å². The van der Waals surface area contributed by atoms with Crippen molar-refractivity contribution in [1.82, 2.24) is 4.90 Å². The van der Waals surface area contributed by atoms with Crippen molar-refractivity contribution in [2.75, 3.05) is 20.0 Å². The van der Waals surface area contributed by atoms with Gasteiger partial charge in [0.05, 0.1) is 30.2 Å². The Morgan fingerprint density at radius 1 is 0.927 bits per heavy atom. The van der Waals surface area contributed by atoms with E-state index in [2.05, 4.69) is 6.92 Å². The van der Waals surface area contributed by atoms with E-state index in [0.717, 1.165) is 24.8 Å². The number of ether oxygens (including phenoxy) is 4. The maximum Gasteiger partial charge on any atom is 0.291 e. The Hall–Kier alpha value is -4.17. The molecule has 9 heteroatoms. The number of amides is 1. The van der Waals surface area contributed by atoms with Gasteiger partial charge in [0.2, 0.25) is 12.6 Å². The topological polar surface area (TPSA) is 87.4 Å². The Labute approximate surface area is 242 Å². The Bertz CT molecular complexity index is 1680. The number of benzene rings is 3. The minimum absolute atomic E-state index is 0.0217. The molecule has 0 bridgehead atoms. The maximum atomic E-state index is 13.9. The van der Waals surface area contributed by atoms with Crippen molar-refractivity contribution in [2.45, 2.75) is 45.7 Å². The van der Waals surface area contributed by atoms with Gasteiger partial charge in [-0.2, -0.15) is 0 Å². The summed E-state index contributed by atoms with van der Waals surface area (Å²) in [5.41, 5.74) is 1.80. The second kappa shape index (κ2) is 11.4. The first-order chi connectivity index (χ1) is 20.0. The third-order valence-electron chi connectivity index (χ3n) is 7.31.